The molecule has 2 heterocycles. The van der Waals surface area contributed by atoms with Gasteiger partial charge in [0, 0.05) is 16.6 Å². The van der Waals surface area contributed by atoms with Gasteiger partial charge in [-0.15, -0.1) is 0 Å². The number of pyridine rings is 1. The zero-order valence-electron chi connectivity index (χ0n) is 8.97. The molecule has 0 aromatic carbocycles. The second kappa shape index (κ2) is 4.44. The highest BCUT2D eigenvalue weighted by Crippen LogP contribution is 2.38. The summed E-state index contributed by atoms with van der Waals surface area (Å²) >= 11 is 3.33. The van der Waals surface area contributed by atoms with Crippen molar-refractivity contribution in [1.29, 1.82) is 0 Å². The maximum atomic E-state index is 5.51. The summed E-state index contributed by atoms with van der Waals surface area (Å²) in [6.45, 7) is 0.300. The van der Waals surface area contributed by atoms with E-state index in [-0.39, 0.29) is 0 Å². The first-order valence-electron chi connectivity index (χ1n) is 5.37. The number of nitrogens with zero attached hydrogens (tertiary/aromatic N) is 3. The average molecular weight is 296 g/mol. The lowest BCUT2D eigenvalue weighted by Crippen LogP contribution is -1.98. The predicted molar refractivity (Wildman–Crippen MR) is 62.5 cm³/mol. The zero-order chi connectivity index (χ0) is 11.7. The highest BCUT2D eigenvalue weighted by Gasteiger charge is 2.29. The Morgan fingerprint density at radius 2 is 2.29 bits per heavy atom. The number of halogens is 1. The third-order valence-electron chi connectivity index (χ3n) is 2.46. The predicted octanol–water partition coefficient (Wildman–Crippen LogP) is 2.68. The molecule has 0 spiro atoms. The molecule has 0 atom stereocenters. The van der Waals surface area contributed by atoms with Gasteiger partial charge in [-0.2, -0.15) is 4.98 Å². The number of hydrogen-bond donors (Lipinski definition) is 0. The summed E-state index contributed by atoms with van der Waals surface area (Å²) < 4.78 is 11.5. The molecular weight excluding hydrogens is 286 g/mol. The van der Waals surface area contributed by atoms with Gasteiger partial charge in [0.1, 0.15) is 5.75 Å². The Kier molecular flexibility index (Phi) is 2.80. The van der Waals surface area contributed by atoms with Crippen LogP contribution in [-0.4, -0.2) is 15.1 Å². The number of hydrogen-bond acceptors (Lipinski definition) is 5. The van der Waals surface area contributed by atoms with Gasteiger partial charge in [-0.1, -0.05) is 5.16 Å². The lowest BCUT2D eigenvalue weighted by atomic mass is 10.4. The topological polar surface area (TPSA) is 61.0 Å². The van der Waals surface area contributed by atoms with Gasteiger partial charge in [-0.3, -0.25) is 4.98 Å². The monoisotopic (exact) mass is 295 g/mol. The molecule has 1 fully saturated rings. The zero-order valence-corrected chi connectivity index (χ0v) is 10.6. The molecule has 2 aromatic heterocycles. The highest BCUT2D eigenvalue weighted by molar-refractivity contribution is 9.10. The van der Waals surface area contributed by atoms with Gasteiger partial charge in [0.05, 0.1) is 6.20 Å². The summed E-state index contributed by atoms with van der Waals surface area (Å²) in [4.78, 5) is 8.28. The smallest absolute Gasteiger partial charge is 0.229 e. The van der Waals surface area contributed by atoms with Crippen LogP contribution < -0.4 is 4.74 Å². The van der Waals surface area contributed by atoms with Gasteiger partial charge >= 0.3 is 0 Å². The SMILES string of the molecule is Brc1cncc(OCc2noc(C3CC3)n2)c1. The normalized spacial score (nSPS) is 14.9. The first kappa shape index (κ1) is 10.7. The van der Waals surface area contributed by atoms with E-state index in [1.54, 1.807) is 12.4 Å². The van der Waals surface area contributed by atoms with Crippen molar-refractivity contribution in [2.45, 2.75) is 25.4 Å². The molecule has 0 bridgehead atoms. The first-order valence-corrected chi connectivity index (χ1v) is 6.16. The molecule has 2 aromatic rings. The Balaban J connectivity index is 1.62. The molecule has 5 nitrogen and oxygen atoms in total. The van der Waals surface area contributed by atoms with E-state index in [2.05, 4.69) is 31.1 Å². The minimum atomic E-state index is 0.300. The Hall–Kier alpha value is -1.43. The summed E-state index contributed by atoms with van der Waals surface area (Å²) in [5.74, 6) is 2.46. The average Bonchev–Trinajstić information content (AvgIpc) is 3.07. The van der Waals surface area contributed by atoms with E-state index < -0.39 is 0 Å². The van der Waals surface area contributed by atoms with Gasteiger partial charge in [0.15, 0.2) is 6.61 Å². The molecule has 0 radical (unpaired) electrons. The Morgan fingerprint density at radius 3 is 3.06 bits per heavy atom. The molecule has 0 N–H and O–H groups in total. The minimum Gasteiger partial charge on any atom is -0.484 e. The summed E-state index contributed by atoms with van der Waals surface area (Å²) in [7, 11) is 0. The number of ether oxygens (including phenoxy) is 1. The standard InChI is InChI=1S/C11H10BrN3O2/c12-8-3-9(5-13-4-8)16-6-10-14-11(17-15-10)7-1-2-7/h3-5,7H,1-2,6H2. The molecule has 0 saturated heterocycles. The van der Waals surface area contributed by atoms with E-state index in [9.17, 15) is 0 Å². The van der Waals surface area contributed by atoms with Gasteiger partial charge in [0.2, 0.25) is 11.7 Å². The van der Waals surface area contributed by atoms with Crippen LogP contribution >= 0.6 is 15.9 Å². The third kappa shape index (κ3) is 2.63. The fourth-order valence-electron chi connectivity index (χ4n) is 1.44. The third-order valence-corrected chi connectivity index (χ3v) is 2.89. The first-order chi connectivity index (χ1) is 8.31. The van der Waals surface area contributed by atoms with Crippen molar-refractivity contribution >= 4 is 15.9 Å². The lowest BCUT2D eigenvalue weighted by molar-refractivity contribution is 0.284. The fraction of sp³-hybridized carbons (Fsp3) is 0.364. The summed E-state index contributed by atoms with van der Waals surface area (Å²) in [5.41, 5.74) is 0. The van der Waals surface area contributed by atoms with Crippen molar-refractivity contribution in [2.75, 3.05) is 0 Å². The summed E-state index contributed by atoms with van der Waals surface area (Å²) in [6, 6.07) is 1.84. The molecule has 3 rings (SSSR count). The molecule has 17 heavy (non-hydrogen) atoms. The molecule has 88 valence electrons. The maximum Gasteiger partial charge on any atom is 0.229 e. The number of rotatable bonds is 4. The van der Waals surface area contributed by atoms with E-state index in [1.165, 1.54) is 0 Å². The quantitative estimate of drug-likeness (QED) is 0.868. The van der Waals surface area contributed by atoms with Crippen LogP contribution in [-0.2, 0) is 6.61 Å². The van der Waals surface area contributed by atoms with Crippen LogP contribution in [0.4, 0.5) is 0 Å². The molecular formula is C11H10BrN3O2. The molecule has 6 heteroatoms. The molecule has 0 unspecified atom stereocenters. The van der Waals surface area contributed by atoms with Crippen molar-refractivity contribution in [3.8, 4) is 5.75 Å². The van der Waals surface area contributed by atoms with Crippen LogP contribution in [0.1, 0.15) is 30.5 Å². The van der Waals surface area contributed by atoms with E-state index in [0.717, 1.165) is 23.2 Å². The van der Waals surface area contributed by atoms with E-state index in [4.69, 9.17) is 9.26 Å². The van der Waals surface area contributed by atoms with E-state index >= 15 is 0 Å². The Labute approximate surface area is 106 Å². The second-order valence-electron chi connectivity index (χ2n) is 3.95. The molecule has 1 saturated carbocycles. The van der Waals surface area contributed by atoms with Crippen LogP contribution in [0.15, 0.2) is 27.5 Å². The molecule has 0 amide bonds. The van der Waals surface area contributed by atoms with Gasteiger partial charge < -0.3 is 9.26 Å². The summed E-state index contributed by atoms with van der Waals surface area (Å²) in [6.07, 6.45) is 5.65. The van der Waals surface area contributed by atoms with Gasteiger partial charge in [0.25, 0.3) is 0 Å². The molecule has 1 aliphatic carbocycles. The fourth-order valence-corrected chi connectivity index (χ4v) is 1.79. The van der Waals surface area contributed by atoms with Gasteiger partial charge in [-0.25, -0.2) is 0 Å². The minimum absolute atomic E-state index is 0.300. The van der Waals surface area contributed by atoms with Crippen molar-refractivity contribution in [2.24, 2.45) is 0 Å². The summed E-state index contributed by atoms with van der Waals surface area (Å²) in [5, 5.41) is 3.87. The van der Waals surface area contributed by atoms with Crippen molar-refractivity contribution in [3.63, 3.8) is 0 Å². The maximum absolute atomic E-state index is 5.51. The van der Waals surface area contributed by atoms with Crippen molar-refractivity contribution in [3.05, 3.63) is 34.6 Å². The van der Waals surface area contributed by atoms with E-state index in [1.807, 2.05) is 6.07 Å². The van der Waals surface area contributed by atoms with Crippen LogP contribution in [0.3, 0.4) is 0 Å². The van der Waals surface area contributed by atoms with Crippen molar-refractivity contribution < 1.29 is 9.26 Å². The van der Waals surface area contributed by atoms with Crippen LogP contribution in [0, 0.1) is 0 Å². The van der Waals surface area contributed by atoms with Crippen LogP contribution in [0.25, 0.3) is 0 Å². The lowest BCUT2D eigenvalue weighted by Gasteiger charge is -2.01. The Bertz CT molecular complexity index is 525. The highest BCUT2D eigenvalue weighted by atomic mass is 79.9. The number of aromatic nitrogens is 3. The second-order valence-corrected chi connectivity index (χ2v) is 4.87. The van der Waals surface area contributed by atoms with Gasteiger partial charge in [-0.05, 0) is 34.8 Å². The molecule has 0 aliphatic heterocycles. The Morgan fingerprint density at radius 1 is 1.41 bits per heavy atom. The molecule has 1 aliphatic rings. The van der Waals surface area contributed by atoms with Crippen molar-refractivity contribution in [1.82, 2.24) is 15.1 Å². The largest absolute Gasteiger partial charge is 0.484 e. The van der Waals surface area contributed by atoms with Crippen LogP contribution in [0.5, 0.6) is 5.75 Å². The van der Waals surface area contributed by atoms with E-state index in [0.29, 0.717) is 24.1 Å². The van der Waals surface area contributed by atoms with Crippen LogP contribution in [0.2, 0.25) is 0 Å².